The number of unbranched alkanes of at least 4 members (excludes halogenated alkanes) is 1. The maximum atomic E-state index is 10.6. The Morgan fingerprint density at radius 1 is 1.12 bits per heavy atom. The molecule has 3 heteroatoms. The first-order chi connectivity index (χ1) is 12.2. The second-order valence-corrected chi connectivity index (χ2v) is 7.07. The van der Waals surface area contributed by atoms with Crippen molar-refractivity contribution in [1.29, 1.82) is 0 Å². The van der Waals surface area contributed by atoms with Gasteiger partial charge in [0, 0.05) is 13.1 Å². The van der Waals surface area contributed by atoms with Gasteiger partial charge < -0.3 is 14.7 Å². The number of nitrogens with zero attached hydrogens (tertiary/aromatic N) is 1. The third-order valence-electron chi connectivity index (χ3n) is 5.15. The fourth-order valence-corrected chi connectivity index (χ4v) is 3.59. The number of benzene rings is 2. The largest absolute Gasteiger partial charge is 0.497 e. The van der Waals surface area contributed by atoms with E-state index in [4.69, 9.17) is 4.74 Å². The smallest absolute Gasteiger partial charge is 0.119 e. The van der Waals surface area contributed by atoms with Gasteiger partial charge in [0.05, 0.1) is 13.2 Å². The molecule has 3 nitrogen and oxygen atoms in total. The summed E-state index contributed by atoms with van der Waals surface area (Å²) in [6.07, 6.45) is 4.06. The standard InChI is InChI=1S/C22H29NO2/c1-17-6-8-18(9-7-17)5-3-4-13-23-14-12-19-15-20(25-2)10-11-21(19)22(24)16-23/h6-11,15,22,24H,3-5,12-14,16H2,1-2H3. The molecule has 1 atom stereocenters. The SMILES string of the molecule is COc1ccc2c(c1)CCN(CCCCc1ccc(C)cc1)CC2O. The van der Waals surface area contributed by atoms with Crippen LogP contribution in [0.25, 0.3) is 0 Å². The predicted octanol–water partition coefficient (Wildman–Crippen LogP) is 3.92. The highest BCUT2D eigenvalue weighted by molar-refractivity contribution is 5.38. The van der Waals surface area contributed by atoms with Crippen LogP contribution in [-0.4, -0.2) is 36.8 Å². The summed E-state index contributed by atoms with van der Waals surface area (Å²) in [5, 5.41) is 10.6. The summed E-state index contributed by atoms with van der Waals surface area (Å²) in [6, 6.07) is 14.9. The Hall–Kier alpha value is -1.84. The summed E-state index contributed by atoms with van der Waals surface area (Å²) in [7, 11) is 1.69. The Bertz CT molecular complexity index is 681. The maximum Gasteiger partial charge on any atom is 0.119 e. The van der Waals surface area contributed by atoms with E-state index in [0.717, 1.165) is 43.8 Å². The van der Waals surface area contributed by atoms with Crippen LogP contribution in [0.5, 0.6) is 5.75 Å². The lowest BCUT2D eigenvalue weighted by atomic mass is 10.0. The predicted molar refractivity (Wildman–Crippen MR) is 102 cm³/mol. The third kappa shape index (κ3) is 4.83. The van der Waals surface area contributed by atoms with E-state index >= 15 is 0 Å². The molecule has 1 aliphatic heterocycles. The van der Waals surface area contributed by atoms with Crippen molar-refractivity contribution in [2.24, 2.45) is 0 Å². The van der Waals surface area contributed by atoms with E-state index in [1.54, 1.807) is 7.11 Å². The van der Waals surface area contributed by atoms with Crippen molar-refractivity contribution < 1.29 is 9.84 Å². The van der Waals surface area contributed by atoms with Gasteiger partial charge in [0.15, 0.2) is 0 Å². The third-order valence-corrected chi connectivity index (χ3v) is 5.15. The zero-order valence-electron chi connectivity index (χ0n) is 15.4. The summed E-state index contributed by atoms with van der Waals surface area (Å²) < 4.78 is 5.32. The molecule has 0 saturated heterocycles. The van der Waals surface area contributed by atoms with E-state index in [-0.39, 0.29) is 0 Å². The maximum absolute atomic E-state index is 10.6. The van der Waals surface area contributed by atoms with Gasteiger partial charge in [-0.05, 0) is 68.0 Å². The number of hydrogen-bond acceptors (Lipinski definition) is 3. The Morgan fingerprint density at radius 2 is 1.92 bits per heavy atom. The number of methoxy groups -OCH3 is 1. The zero-order chi connectivity index (χ0) is 17.6. The van der Waals surface area contributed by atoms with Crippen LogP contribution in [0, 0.1) is 6.92 Å². The van der Waals surface area contributed by atoms with Crippen LogP contribution >= 0.6 is 0 Å². The molecule has 2 aromatic rings. The number of rotatable bonds is 6. The Kier molecular flexibility index (Phi) is 6.11. The molecule has 0 spiro atoms. The molecule has 1 unspecified atom stereocenters. The van der Waals surface area contributed by atoms with Gasteiger partial charge in [-0.3, -0.25) is 0 Å². The average molecular weight is 339 g/mol. The molecule has 0 amide bonds. The van der Waals surface area contributed by atoms with E-state index in [1.807, 2.05) is 12.1 Å². The highest BCUT2D eigenvalue weighted by atomic mass is 16.5. The Balaban J connectivity index is 1.49. The van der Waals surface area contributed by atoms with Gasteiger partial charge in [0.25, 0.3) is 0 Å². The topological polar surface area (TPSA) is 32.7 Å². The van der Waals surface area contributed by atoms with Crippen LogP contribution in [0.15, 0.2) is 42.5 Å². The van der Waals surface area contributed by atoms with E-state index < -0.39 is 6.10 Å². The van der Waals surface area contributed by atoms with Gasteiger partial charge in [-0.2, -0.15) is 0 Å². The monoisotopic (exact) mass is 339 g/mol. The zero-order valence-corrected chi connectivity index (χ0v) is 15.4. The average Bonchev–Trinajstić information content (AvgIpc) is 2.79. The van der Waals surface area contributed by atoms with Crippen LogP contribution in [-0.2, 0) is 12.8 Å². The van der Waals surface area contributed by atoms with Gasteiger partial charge in [-0.1, -0.05) is 35.9 Å². The summed E-state index contributed by atoms with van der Waals surface area (Å²) in [5.41, 5.74) is 5.01. The van der Waals surface area contributed by atoms with Crippen LogP contribution in [0.1, 0.15) is 41.2 Å². The van der Waals surface area contributed by atoms with Crippen molar-refractivity contribution in [2.75, 3.05) is 26.7 Å². The molecule has 2 aromatic carbocycles. The van der Waals surface area contributed by atoms with Gasteiger partial charge in [-0.15, -0.1) is 0 Å². The molecular formula is C22H29NO2. The summed E-state index contributed by atoms with van der Waals surface area (Å²) in [4.78, 5) is 2.40. The Morgan fingerprint density at radius 3 is 2.68 bits per heavy atom. The number of β-amino-alcohol motifs (C(OH)–C–C–N with tert-alkyl or cyclic N) is 1. The first-order valence-corrected chi connectivity index (χ1v) is 9.28. The molecule has 1 aliphatic rings. The normalized spacial score (nSPS) is 17.8. The van der Waals surface area contributed by atoms with Crippen LogP contribution < -0.4 is 4.74 Å². The first-order valence-electron chi connectivity index (χ1n) is 9.28. The second-order valence-electron chi connectivity index (χ2n) is 7.07. The number of aryl methyl sites for hydroxylation is 2. The molecule has 0 radical (unpaired) electrons. The Labute approximate surface area is 151 Å². The van der Waals surface area contributed by atoms with Gasteiger partial charge in [0.1, 0.15) is 5.75 Å². The quantitative estimate of drug-likeness (QED) is 0.810. The molecule has 0 bridgehead atoms. The highest BCUT2D eigenvalue weighted by Crippen LogP contribution is 2.27. The number of fused-ring (bicyclic) bond motifs is 1. The minimum absolute atomic E-state index is 0.402. The lowest BCUT2D eigenvalue weighted by Crippen LogP contribution is -2.29. The van der Waals surface area contributed by atoms with Crippen molar-refractivity contribution >= 4 is 0 Å². The van der Waals surface area contributed by atoms with Crippen molar-refractivity contribution in [1.82, 2.24) is 4.90 Å². The van der Waals surface area contributed by atoms with E-state index in [0.29, 0.717) is 0 Å². The molecule has 3 rings (SSSR count). The molecule has 134 valence electrons. The number of ether oxygens (including phenoxy) is 1. The van der Waals surface area contributed by atoms with Gasteiger partial charge in [0.2, 0.25) is 0 Å². The lowest BCUT2D eigenvalue weighted by molar-refractivity contribution is 0.119. The summed E-state index contributed by atoms with van der Waals surface area (Å²) in [6.45, 7) is 4.90. The molecule has 25 heavy (non-hydrogen) atoms. The summed E-state index contributed by atoms with van der Waals surface area (Å²) in [5.74, 6) is 0.873. The number of aliphatic hydroxyl groups excluding tert-OH is 1. The molecule has 0 fully saturated rings. The van der Waals surface area contributed by atoms with E-state index in [2.05, 4.69) is 42.2 Å². The highest BCUT2D eigenvalue weighted by Gasteiger charge is 2.21. The van der Waals surface area contributed by atoms with Crippen molar-refractivity contribution in [2.45, 2.75) is 38.7 Å². The molecule has 0 aromatic heterocycles. The van der Waals surface area contributed by atoms with Crippen molar-refractivity contribution in [3.63, 3.8) is 0 Å². The van der Waals surface area contributed by atoms with Crippen LogP contribution in [0.2, 0.25) is 0 Å². The minimum Gasteiger partial charge on any atom is -0.497 e. The van der Waals surface area contributed by atoms with E-state index in [9.17, 15) is 5.11 Å². The number of hydrogen-bond donors (Lipinski definition) is 1. The first kappa shape index (κ1) is 18.0. The molecule has 1 heterocycles. The molecule has 0 saturated carbocycles. The fourth-order valence-electron chi connectivity index (χ4n) is 3.59. The lowest BCUT2D eigenvalue weighted by Gasteiger charge is -2.22. The molecule has 1 N–H and O–H groups in total. The van der Waals surface area contributed by atoms with E-state index in [1.165, 1.54) is 29.5 Å². The second kappa shape index (κ2) is 8.50. The molecule has 0 aliphatic carbocycles. The molecular weight excluding hydrogens is 310 g/mol. The number of aliphatic hydroxyl groups is 1. The minimum atomic E-state index is -0.402. The summed E-state index contributed by atoms with van der Waals surface area (Å²) >= 11 is 0. The van der Waals surface area contributed by atoms with Crippen LogP contribution in [0.4, 0.5) is 0 Å². The van der Waals surface area contributed by atoms with Crippen molar-refractivity contribution in [3.8, 4) is 5.75 Å². The van der Waals surface area contributed by atoms with Crippen molar-refractivity contribution in [3.05, 3.63) is 64.7 Å². The fraction of sp³-hybridized carbons (Fsp3) is 0.455. The van der Waals surface area contributed by atoms with Crippen LogP contribution in [0.3, 0.4) is 0 Å². The van der Waals surface area contributed by atoms with Gasteiger partial charge in [-0.25, -0.2) is 0 Å². The van der Waals surface area contributed by atoms with Gasteiger partial charge >= 0.3 is 0 Å².